The summed E-state index contributed by atoms with van der Waals surface area (Å²) in [5.74, 6) is 1.56. The summed E-state index contributed by atoms with van der Waals surface area (Å²) in [5.41, 5.74) is 2.19. The highest BCUT2D eigenvalue weighted by molar-refractivity contribution is 6.02. The maximum atomic E-state index is 13.1. The third-order valence-corrected chi connectivity index (χ3v) is 6.25. The molecular weight excluding hydrogens is 514 g/mol. The Labute approximate surface area is 226 Å². The molecule has 0 saturated carbocycles. The lowest BCUT2D eigenvalue weighted by Gasteiger charge is -2.14. The monoisotopic (exact) mass is 535 g/mol. The van der Waals surface area contributed by atoms with Crippen LogP contribution in [-0.2, 0) is 6.54 Å². The van der Waals surface area contributed by atoms with Crippen molar-refractivity contribution in [2.24, 2.45) is 0 Å². The molecule has 0 aliphatic heterocycles. The molecule has 198 valence electrons. The van der Waals surface area contributed by atoms with Crippen LogP contribution >= 0.6 is 0 Å². The van der Waals surface area contributed by atoms with Crippen molar-refractivity contribution in [1.29, 1.82) is 0 Å². The first-order valence-electron chi connectivity index (χ1n) is 12.2. The van der Waals surface area contributed by atoms with Gasteiger partial charge in [-0.1, -0.05) is 46.7 Å². The van der Waals surface area contributed by atoms with Gasteiger partial charge in [0.2, 0.25) is 23.4 Å². The zero-order valence-corrected chi connectivity index (χ0v) is 21.4. The number of hydrogen-bond acceptors (Lipinski definition) is 9. The van der Waals surface area contributed by atoms with Crippen LogP contribution in [0.2, 0.25) is 0 Å². The average Bonchev–Trinajstić information content (AvgIpc) is 3.58. The molecule has 0 spiro atoms. The Kier molecular flexibility index (Phi) is 6.15. The Morgan fingerprint density at radius 2 is 1.52 bits per heavy atom. The van der Waals surface area contributed by atoms with Crippen molar-refractivity contribution in [3.05, 3.63) is 106 Å². The summed E-state index contributed by atoms with van der Waals surface area (Å²) in [4.78, 5) is 33.5. The number of ether oxygens (including phenoxy) is 1. The van der Waals surface area contributed by atoms with Crippen molar-refractivity contribution in [3.63, 3.8) is 0 Å². The molecule has 0 aliphatic rings. The number of pyridine rings is 1. The summed E-state index contributed by atoms with van der Waals surface area (Å²) >= 11 is 0. The number of rotatable bonds is 7. The van der Waals surface area contributed by atoms with E-state index in [1.807, 2.05) is 30.3 Å². The number of aromatic nitrogens is 5. The van der Waals surface area contributed by atoms with Crippen LogP contribution in [0.25, 0.3) is 33.7 Å². The first-order valence-corrected chi connectivity index (χ1v) is 12.2. The van der Waals surface area contributed by atoms with Gasteiger partial charge in [-0.05, 0) is 29.8 Å². The van der Waals surface area contributed by atoms with Crippen molar-refractivity contribution in [2.75, 3.05) is 0 Å². The summed E-state index contributed by atoms with van der Waals surface area (Å²) in [6.45, 7) is 3.63. The third-order valence-electron chi connectivity index (χ3n) is 6.25. The molecule has 6 rings (SSSR count). The lowest BCUT2D eigenvalue weighted by atomic mass is 10.1. The van der Waals surface area contributed by atoms with Gasteiger partial charge in [-0.15, -0.1) is 0 Å². The van der Waals surface area contributed by atoms with E-state index in [4.69, 9.17) is 13.8 Å². The van der Waals surface area contributed by atoms with Gasteiger partial charge >= 0.3 is 5.97 Å². The van der Waals surface area contributed by atoms with Gasteiger partial charge in [0.15, 0.2) is 0 Å². The molecule has 3 aromatic carbocycles. The first kappa shape index (κ1) is 24.7. The molecule has 40 heavy (non-hydrogen) atoms. The zero-order chi connectivity index (χ0) is 27.8. The molecule has 11 nitrogen and oxygen atoms in total. The highest BCUT2D eigenvalue weighted by Crippen LogP contribution is 2.30. The molecule has 11 heteroatoms. The fourth-order valence-electron chi connectivity index (χ4n) is 4.37. The average molecular weight is 536 g/mol. The van der Waals surface area contributed by atoms with Crippen LogP contribution in [-0.4, -0.2) is 35.9 Å². The third kappa shape index (κ3) is 4.83. The van der Waals surface area contributed by atoms with Crippen LogP contribution in [0, 0.1) is 13.8 Å². The summed E-state index contributed by atoms with van der Waals surface area (Å²) in [7, 11) is 0. The van der Waals surface area contributed by atoms with Crippen LogP contribution in [0.3, 0.4) is 0 Å². The SMILES string of the molecule is Cc1nc(-c2ccc(Cn3c(=O)cc(C(=O)O)c4ccc(Oc5cccc(-c6noc(C)n6)c5)cc43)cc2)no1. The molecular formula is C29H21N5O6. The van der Waals surface area contributed by atoms with E-state index in [9.17, 15) is 14.7 Å². The predicted octanol–water partition coefficient (Wildman–Crippen LogP) is 5.26. The smallest absolute Gasteiger partial charge is 0.336 e. The van der Waals surface area contributed by atoms with Gasteiger partial charge in [-0.25, -0.2) is 4.79 Å². The van der Waals surface area contributed by atoms with Crippen LogP contribution < -0.4 is 10.3 Å². The van der Waals surface area contributed by atoms with Crippen molar-refractivity contribution < 1.29 is 23.7 Å². The maximum absolute atomic E-state index is 13.1. The maximum Gasteiger partial charge on any atom is 0.336 e. The molecule has 3 aromatic heterocycles. The van der Waals surface area contributed by atoms with E-state index in [1.165, 1.54) is 4.57 Å². The summed E-state index contributed by atoms with van der Waals surface area (Å²) in [6.07, 6.45) is 0. The van der Waals surface area contributed by atoms with Crippen LogP contribution in [0.15, 0.2) is 86.6 Å². The van der Waals surface area contributed by atoms with E-state index >= 15 is 0 Å². The van der Waals surface area contributed by atoms with Crippen molar-refractivity contribution in [2.45, 2.75) is 20.4 Å². The number of carboxylic acids is 1. The normalized spacial score (nSPS) is 11.2. The summed E-state index contributed by atoms with van der Waals surface area (Å²) < 4.78 is 17.7. The fraction of sp³-hybridized carbons (Fsp3) is 0.103. The molecule has 6 aromatic rings. The number of carboxylic acid groups (broad SMARTS) is 1. The van der Waals surface area contributed by atoms with Crippen molar-refractivity contribution in [3.8, 4) is 34.3 Å². The van der Waals surface area contributed by atoms with Gasteiger partial charge in [0.25, 0.3) is 5.56 Å². The van der Waals surface area contributed by atoms with E-state index in [-0.39, 0.29) is 12.1 Å². The van der Waals surface area contributed by atoms with Crippen LogP contribution in [0.4, 0.5) is 0 Å². The van der Waals surface area contributed by atoms with Crippen molar-refractivity contribution >= 4 is 16.9 Å². The molecule has 0 amide bonds. The zero-order valence-electron chi connectivity index (χ0n) is 21.4. The van der Waals surface area contributed by atoms with E-state index in [0.717, 1.165) is 17.2 Å². The predicted molar refractivity (Wildman–Crippen MR) is 143 cm³/mol. The summed E-state index contributed by atoms with van der Waals surface area (Å²) in [6, 6.07) is 20.7. The van der Waals surface area contributed by atoms with Gasteiger partial charge in [0.1, 0.15) is 11.5 Å². The number of hydrogen-bond donors (Lipinski definition) is 1. The Morgan fingerprint density at radius 3 is 2.17 bits per heavy atom. The van der Waals surface area contributed by atoms with E-state index < -0.39 is 11.5 Å². The molecule has 0 fully saturated rings. The highest BCUT2D eigenvalue weighted by atomic mass is 16.5. The van der Waals surface area contributed by atoms with Crippen LogP contribution in [0.5, 0.6) is 11.5 Å². The Morgan fingerprint density at radius 1 is 0.850 bits per heavy atom. The lowest BCUT2D eigenvalue weighted by molar-refractivity contribution is 0.0698. The van der Waals surface area contributed by atoms with E-state index in [1.54, 1.807) is 50.2 Å². The van der Waals surface area contributed by atoms with Gasteiger partial charge in [-0.3, -0.25) is 4.79 Å². The second-order valence-electron chi connectivity index (χ2n) is 9.07. The molecule has 1 N–H and O–H groups in total. The standard InChI is InChI=1S/C29H21N5O6/c1-16-30-27(32-39-16)19-8-6-18(7-9-19)15-34-25-13-22(10-11-23(25)24(29(36)37)14-26(34)35)38-21-5-3-4-20(12-21)28-31-17(2)40-33-28/h3-14H,15H2,1-2H3,(H,36,37). The molecule has 0 saturated heterocycles. The second-order valence-corrected chi connectivity index (χ2v) is 9.07. The minimum absolute atomic E-state index is 0.0832. The quantitative estimate of drug-likeness (QED) is 0.287. The Bertz CT molecular complexity index is 1940. The van der Waals surface area contributed by atoms with E-state index in [0.29, 0.717) is 51.4 Å². The molecule has 0 aliphatic carbocycles. The fourth-order valence-corrected chi connectivity index (χ4v) is 4.37. The lowest BCUT2D eigenvalue weighted by Crippen LogP contribution is -2.22. The second kappa shape index (κ2) is 9.95. The number of fused-ring (bicyclic) bond motifs is 1. The Hall–Kier alpha value is -5.58. The molecule has 0 atom stereocenters. The van der Waals surface area contributed by atoms with Crippen molar-refractivity contribution in [1.82, 2.24) is 24.8 Å². The van der Waals surface area contributed by atoms with Gasteiger partial charge in [-0.2, -0.15) is 9.97 Å². The summed E-state index contributed by atoms with van der Waals surface area (Å²) in [5, 5.41) is 18.0. The number of aromatic carboxylic acids is 1. The molecule has 0 radical (unpaired) electrons. The van der Waals surface area contributed by atoms with Gasteiger partial charge < -0.3 is 23.5 Å². The number of nitrogens with zero attached hydrogens (tertiary/aromatic N) is 5. The largest absolute Gasteiger partial charge is 0.478 e. The number of aryl methyl sites for hydroxylation is 2. The molecule has 0 bridgehead atoms. The van der Waals surface area contributed by atoms with Crippen LogP contribution in [0.1, 0.15) is 27.7 Å². The van der Waals surface area contributed by atoms with Gasteiger partial charge in [0, 0.05) is 42.5 Å². The Balaban J connectivity index is 1.36. The molecule has 3 heterocycles. The number of carbonyl (C=O) groups is 1. The topological polar surface area (TPSA) is 146 Å². The minimum atomic E-state index is -1.19. The first-order chi connectivity index (χ1) is 19.3. The molecule has 0 unspecified atom stereocenters. The van der Waals surface area contributed by atoms with Gasteiger partial charge in [0.05, 0.1) is 17.6 Å². The number of benzene rings is 3. The van der Waals surface area contributed by atoms with E-state index in [2.05, 4.69) is 20.3 Å². The minimum Gasteiger partial charge on any atom is -0.478 e. The highest BCUT2D eigenvalue weighted by Gasteiger charge is 2.16.